The minimum absolute atomic E-state index is 0.0408. The highest BCUT2D eigenvalue weighted by atomic mass is 19.1. The maximum atomic E-state index is 14.0. The summed E-state index contributed by atoms with van der Waals surface area (Å²) in [6.45, 7) is 0.513. The Balaban J connectivity index is 1.55. The molecule has 1 aromatic carbocycles. The fourth-order valence-electron chi connectivity index (χ4n) is 2.97. The molecule has 1 saturated heterocycles. The van der Waals surface area contributed by atoms with Crippen LogP contribution in [0.4, 0.5) is 10.1 Å². The van der Waals surface area contributed by atoms with Gasteiger partial charge in [0, 0.05) is 29.9 Å². The average molecular weight is 367 g/mol. The fraction of sp³-hybridized carbons (Fsp3) is 0.250. The summed E-state index contributed by atoms with van der Waals surface area (Å²) >= 11 is 0. The highest BCUT2D eigenvalue weighted by molar-refractivity contribution is 6.04. The van der Waals surface area contributed by atoms with Crippen LogP contribution >= 0.6 is 0 Å². The average Bonchev–Trinajstić information content (AvgIpc) is 2.70. The monoisotopic (exact) mass is 367 g/mol. The number of fused-ring (bicyclic) bond motifs is 1. The number of amides is 1. The molecule has 27 heavy (non-hydrogen) atoms. The quantitative estimate of drug-likeness (QED) is 0.765. The van der Waals surface area contributed by atoms with Crippen molar-refractivity contribution in [1.29, 1.82) is 0 Å². The number of hydrogen-bond acceptors (Lipinski definition) is 5. The van der Waals surface area contributed by atoms with E-state index in [4.69, 9.17) is 9.47 Å². The largest absolute Gasteiger partial charge is 0.471 e. The van der Waals surface area contributed by atoms with Gasteiger partial charge in [-0.15, -0.1) is 0 Å². The van der Waals surface area contributed by atoms with Crippen LogP contribution in [0.3, 0.4) is 0 Å². The van der Waals surface area contributed by atoms with Crippen molar-refractivity contribution < 1.29 is 18.7 Å². The molecule has 3 heterocycles. The second kappa shape index (κ2) is 7.67. The van der Waals surface area contributed by atoms with Crippen molar-refractivity contribution in [3.05, 3.63) is 60.6 Å². The third-order valence-electron chi connectivity index (χ3n) is 4.37. The standard InChI is InChI=1S/C20H18FN3O3/c21-16-12-26-10-7-18(16)27-20-15-5-4-14(11-13(15)6-9-23-20)24-19(25)17-3-1-2-8-22-17/h1-6,8-9,11,16,18H,7,10,12H2,(H,24,25). The van der Waals surface area contributed by atoms with Crippen molar-refractivity contribution in [1.82, 2.24) is 9.97 Å². The van der Waals surface area contributed by atoms with E-state index >= 15 is 0 Å². The van der Waals surface area contributed by atoms with E-state index in [1.807, 2.05) is 12.1 Å². The third kappa shape index (κ3) is 3.88. The Morgan fingerprint density at radius 2 is 2.11 bits per heavy atom. The van der Waals surface area contributed by atoms with E-state index in [2.05, 4.69) is 15.3 Å². The Labute approximate surface area is 155 Å². The van der Waals surface area contributed by atoms with Crippen LogP contribution in [0.25, 0.3) is 10.8 Å². The smallest absolute Gasteiger partial charge is 0.274 e. The molecule has 7 heteroatoms. The van der Waals surface area contributed by atoms with Crippen LogP contribution in [0.15, 0.2) is 54.9 Å². The first-order valence-corrected chi connectivity index (χ1v) is 8.70. The molecule has 0 spiro atoms. The Hall–Kier alpha value is -3.06. The first kappa shape index (κ1) is 17.4. The maximum absolute atomic E-state index is 14.0. The molecule has 2 unspecified atom stereocenters. The van der Waals surface area contributed by atoms with Crippen LogP contribution in [0.1, 0.15) is 16.9 Å². The van der Waals surface area contributed by atoms with Gasteiger partial charge in [0.05, 0.1) is 13.2 Å². The van der Waals surface area contributed by atoms with Gasteiger partial charge in [0.15, 0.2) is 6.17 Å². The van der Waals surface area contributed by atoms with E-state index in [9.17, 15) is 9.18 Å². The van der Waals surface area contributed by atoms with Gasteiger partial charge in [-0.05, 0) is 41.8 Å². The van der Waals surface area contributed by atoms with Crippen LogP contribution < -0.4 is 10.1 Å². The molecule has 3 aromatic rings. The van der Waals surface area contributed by atoms with Gasteiger partial charge >= 0.3 is 0 Å². The summed E-state index contributed by atoms with van der Waals surface area (Å²) in [5.74, 6) is 0.0904. The second-order valence-corrected chi connectivity index (χ2v) is 6.26. The third-order valence-corrected chi connectivity index (χ3v) is 4.37. The minimum atomic E-state index is -1.17. The van der Waals surface area contributed by atoms with Crippen molar-refractivity contribution >= 4 is 22.4 Å². The zero-order valence-electron chi connectivity index (χ0n) is 14.5. The molecule has 2 atom stereocenters. The van der Waals surface area contributed by atoms with Gasteiger partial charge in [0.1, 0.15) is 11.8 Å². The number of nitrogens with one attached hydrogen (secondary N) is 1. The van der Waals surface area contributed by atoms with E-state index in [0.29, 0.717) is 30.3 Å². The number of pyridine rings is 2. The number of aromatic nitrogens is 2. The van der Waals surface area contributed by atoms with Gasteiger partial charge in [-0.25, -0.2) is 9.37 Å². The summed E-state index contributed by atoms with van der Waals surface area (Å²) in [5.41, 5.74) is 0.967. The predicted molar refractivity (Wildman–Crippen MR) is 98.7 cm³/mol. The van der Waals surface area contributed by atoms with Crippen LogP contribution in [-0.4, -0.2) is 41.4 Å². The van der Waals surface area contributed by atoms with Crippen molar-refractivity contribution in [3.63, 3.8) is 0 Å². The molecule has 0 radical (unpaired) electrons. The van der Waals surface area contributed by atoms with Crippen molar-refractivity contribution in [2.24, 2.45) is 0 Å². The Morgan fingerprint density at radius 3 is 2.93 bits per heavy atom. The lowest BCUT2D eigenvalue weighted by atomic mass is 10.1. The van der Waals surface area contributed by atoms with Crippen molar-refractivity contribution in [2.75, 3.05) is 18.5 Å². The van der Waals surface area contributed by atoms with E-state index in [1.54, 1.807) is 42.7 Å². The van der Waals surface area contributed by atoms with Crippen LogP contribution in [0.2, 0.25) is 0 Å². The number of carbonyl (C=O) groups excluding carboxylic acids is 1. The number of hydrogen-bond donors (Lipinski definition) is 1. The molecule has 2 aromatic heterocycles. The second-order valence-electron chi connectivity index (χ2n) is 6.26. The molecule has 6 nitrogen and oxygen atoms in total. The minimum Gasteiger partial charge on any atom is -0.471 e. The Kier molecular flexibility index (Phi) is 4.93. The van der Waals surface area contributed by atoms with Crippen molar-refractivity contribution in [2.45, 2.75) is 18.7 Å². The summed E-state index contributed by atoms with van der Waals surface area (Å²) in [6.07, 6.45) is 1.92. The van der Waals surface area contributed by atoms with E-state index in [0.717, 1.165) is 10.8 Å². The molecule has 138 valence electrons. The number of nitrogens with zero attached hydrogens (tertiary/aromatic N) is 2. The molecule has 1 aliphatic heterocycles. The molecular weight excluding hydrogens is 349 g/mol. The summed E-state index contributed by atoms with van der Waals surface area (Å²) in [5, 5.41) is 4.41. The van der Waals surface area contributed by atoms with E-state index in [1.165, 1.54) is 0 Å². The molecule has 1 fully saturated rings. The number of benzene rings is 1. The zero-order chi connectivity index (χ0) is 18.6. The molecule has 1 aliphatic rings. The van der Waals surface area contributed by atoms with E-state index < -0.39 is 12.3 Å². The first-order chi connectivity index (χ1) is 13.2. The molecule has 0 saturated carbocycles. The first-order valence-electron chi connectivity index (χ1n) is 8.70. The fourth-order valence-corrected chi connectivity index (χ4v) is 2.97. The van der Waals surface area contributed by atoms with Gasteiger partial charge in [-0.3, -0.25) is 9.78 Å². The number of ether oxygens (including phenoxy) is 2. The molecule has 4 rings (SSSR count). The van der Waals surface area contributed by atoms with Crippen LogP contribution in [-0.2, 0) is 4.74 Å². The van der Waals surface area contributed by atoms with E-state index in [-0.39, 0.29) is 12.5 Å². The summed E-state index contributed by atoms with van der Waals surface area (Å²) < 4.78 is 24.9. The Bertz CT molecular complexity index is 952. The zero-order valence-corrected chi connectivity index (χ0v) is 14.5. The van der Waals surface area contributed by atoms with Gasteiger partial charge in [-0.1, -0.05) is 6.07 Å². The lowest BCUT2D eigenvalue weighted by Crippen LogP contribution is -2.38. The number of halogens is 1. The summed E-state index contributed by atoms with van der Waals surface area (Å²) in [7, 11) is 0. The van der Waals surface area contributed by atoms with Crippen molar-refractivity contribution in [3.8, 4) is 5.88 Å². The molecular formula is C20H18FN3O3. The van der Waals surface area contributed by atoms with Crippen LogP contribution in [0, 0.1) is 0 Å². The topological polar surface area (TPSA) is 73.3 Å². The van der Waals surface area contributed by atoms with Gasteiger partial charge in [0.2, 0.25) is 5.88 Å². The number of carbonyl (C=O) groups is 1. The Morgan fingerprint density at radius 1 is 1.19 bits per heavy atom. The molecule has 1 amide bonds. The number of rotatable bonds is 4. The molecule has 1 N–H and O–H groups in total. The van der Waals surface area contributed by atoms with Gasteiger partial charge < -0.3 is 14.8 Å². The SMILES string of the molecule is O=C(Nc1ccc2c(OC3CCOCC3F)nccc2c1)c1ccccn1. The van der Waals surface area contributed by atoms with Gasteiger partial charge in [0.25, 0.3) is 5.91 Å². The predicted octanol–water partition coefficient (Wildman–Crippen LogP) is 3.39. The normalized spacial score (nSPS) is 19.6. The highest BCUT2D eigenvalue weighted by Gasteiger charge is 2.28. The lowest BCUT2D eigenvalue weighted by molar-refractivity contribution is -0.0391. The highest BCUT2D eigenvalue weighted by Crippen LogP contribution is 2.28. The van der Waals surface area contributed by atoms with Crippen LogP contribution in [0.5, 0.6) is 5.88 Å². The number of alkyl halides is 1. The lowest BCUT2D eigenvalue weighted by Gasteiger charge is -2.26. The number of anilines is 1. The summed E-state index contributed by atoms with van der Waals surface area (Å²) in [6, 6.07) is 12.4. The molecule has 0 aliphatic carbocycles. The summed E-state index contributed by atoms with van der Waals surface area (Å²) in [4.78, 5) is 20.5. The molecule has 0 bridgehead atoms. The van der Waals surface area contributed by atoms with Gasteiger partial charge in [-0.2, -0.15) is 0 Å². The maximum Gasteiger partial charge on any atom is 0.274 e.